The quantitative estimate of drug-likeness (QED) is 0.655. The Morgan fingerprint density at radius 3 is 2.67 bits per heavy atom. The highest BCUT2D eigenvalue weighted by Crippen LogP contribution is 2.17. The largest absolute Gasteiger partial charge is 0.316 e. The lowest BCUT2D eigenvalue weighted by molar-refractivity contribution is -0.116. The minimum absolute atomic E-state index is 0.00253. The molecule has 0 aliphatic rings. The van der Waals surface area contributed by atoms with Crippen LogP contribution >= 0.6 is 11.6 Å². The zero-order valence-electron chi connectivity index (χ0n) is 7.04. The van der Waals surface area contributed by atoms with E-state index in [-0.39, 0.29) is 5.91 Å². The van der Waals surface area contributed by atoms with E-state index in [9.17, 15) is 4.79 Å². The Morgan fingerprint density at radius 1 is 1.50 bits per heavy atom. The van der Waals surface area contributed by atoms with Crippen LogP contribution in [0.15, 0.2) is 24.3 Å². The van der Waals surface area contributed by atoms with Crippen LogP contribution in [0, 0.1) is 0 Å². The first kappa shape index (κ1) is 9.07. The maximum absolute atomic E-state index is 10.9. The monoisotopic (exact) mass is 183 g/mol. The minimum Gasteiger partial charge on any atom is -0.316 e. The highest BCUT2D eigenvalue weighted by atomic mass is 35.5. The Bertz CT molecular complexity index is 298. The van der Waals surface area contributed by atoms with Gasteiger partial charge in [0.05, 0.1) is 0 Å². The maximum atomic E-state index is 10.9. The normalized spacial score (nSPS) is 9.58. The summed E-state index contributed by atoms with van der Waals surface area (Å²) < 4.78 is 0. The number of anilines is 1. The molecule has 1 aromatic carbocycles. The van der Waals surface area contributed by atoms with Crippen LogP contribution < -0.4 is 4.90 Å². The molecular weight excluding hydrogens is 174 g/mol. The lowest BCUT2D eigenvalue weighted by Gasteiger charge is -2.14. The van der Waals surface area contributed by atoms with Gasteiger partial charge in [-0.25, -0.2) is 0 Å². The number of carbonyl (C=O) groups is 1. The van der Waals surface area contributed by atoms with Gasteiger partial charge in [0, 0.05) is 24.7 Å². The summed E-state index contributed by atoms with van der Waals surface area (Å²) in [6, 6.07) is 7.19. The van der Waals surface area contributed by atoms with E-state index in [4.69, 9.17) is 11.6 Å². The van der Waals surface area contributed by atoms with Crippen molar-refractivity contribution in [2.24, 2.45) is 0 Å². The van der Waals surface area contributed by atoms with Gasteiger partial charge in [-0.3, -0.25) is 4.79 Å². The lowest BCUT2D eigenvalue weighted by Crippen LogP contribution is -2.22. The third kappa shape index (κ3) is 1.98. The van der Waals surface area contributed by atoms with Crippen molar-refractivity contribution >= 4 is 23.2 Å². The molecule has 0 N–H and O–H groups in total. The number of halogens is 1. The molecule has 3 heteroatoms. The average molecular weight is 184 g/mol. The number of carbonyl (C=O) groups excluding carboxylic acids is 1. The Hall–Kier alpha value is -1.02. The van der Waals surface area contributed by atoms with E-state index in [0.29, 0.717) is 5.02 Å². The molecule has 0 fully saturated rings. The third-order valence-electron chi connectivity index (χ3n) is 1.67. The molecule has 1 rings (SSSR count). The van der Waals surface area contributed by atoms with Gasteiger partial charge in [-0.05, 0) is 18.2 Å². The van der Waals surface area contributed by atoms with E-state index in [1.807, 2.05) is 12.1 Å². The minimum atomic E-state index is -0.00253. The van der Waals surface area contributed by atoms with Gasteiger partial charge in [-0.2, -0.15) is 0 Å². The average Bonchev–Trinajstić information content (AvgIpc) is 2.03. The van der Waals surface area contributed by atoms with Gasteiger partial charge in [-0.15, -0.1) is 0 Å². The molecule has 0 aliphatic heterocycles. The molecule has 0 unspecified atom stereocenters. The summed E-state index contributed by atoms with van der Waals surface area (Å²) in [7, 11) is 1.72. The van der Waals surface area contributed by atoms with Gasteiger partial charge in [0.2, 0.25) is 5.91 Å². The van der Waals surface area contributed by atoms with Crippen LogP contribution in [0.1, 0.15) is 6.92 Å². The second-order valence-corrected chi connectivity index (χ2v) is 2.99. The van der Waals surface area contributed by atoms with Crippen LogP contribution in [-0.4, -0.2) is 13.0 Å². The molecule has 0 saturated heterocycles. The molecule has 0 heterocycles. The van der Waals surface area contributed by atoms with Crippen molar-refractivity contribution in [1.82, 2.24) is 0 Å². The number of nitrogens with zero attached hydrogens (tertiary/aromatic N) is 1. The van der Waals surface area contributed by atoms with Crippen molar-refractivity contribution in [3.63, 3.8) is 0 Å². The van der Waals surface area contributed by atoms with Crippen molar-refractivity contribution in [3.05, 3.63) is 29.3 Å². The highest BCUT2D eigenvalue weighted by molar-refractivity contribution is 6.30. The Labute approximate surface area is 76.8 Å². The summed E-state index contributed by atoms with van der Waals surface area (Å²) >= 11 is 5.76. The van der Waals surface area contributed by atoms with Crippen LogP contribution in [0.25, 0.3) is 0 Å². The summed E-state index contributed by atoms with van der Waals surface area (Å²) in [5, 5.41) is 0.639. The predicted molar refractivity (Wildman–Crippen MR) is 50.5 cm³/mol. The molecule has 2 nitrogen and oxygen atoms in total. The van der Waals surface area contributed by atoms with Gasteiger partial charge in [0.1, 0.15) is 0 Å². The van der Waals surface area contributed by atoms with Gasteiger partial charge in [0.15, 0.2) is 0 Å². The van der Waals surface area contributed by atoms with Crippen molar-refractivity contribution < 1.29 is 4.79 Å². The fourth-order valence-corrected chi connectivity index (χ4v) is 1.05. The maximum Gasteiger partial charge on any atom is 0.223 e. The first-order chi connectivity index (χ1) is 5.61. The smallest absolute Gasteiger partial charge is 0.223 e. The summed E-state index contributed by atoms with van der Waals surface area (Å²) in [5.74, 6) is -0.00253. The van der Waals surface area contributed by atoms with Gasteiger partial charge in [0.25, 0.3) is 0 Å². The van der Waals surface area contributed by atoms with E-state index in [1.54, 1.807) is 24.1 Å². The van der Waals surface area contributed by atoms with E-state index >= 15 is 0 Å². The second kappa shape index (κ2) is 3.59. The summed E-state index contributed by atoms with van der Waals surface area (Å²) in [5.41, 5.74) is 0.815. The number of rotatable bonds is 1. The number of amides is 1. The summed E-state index contributed by atoms with van der Waals surface area (Å²) in [4.78, 5) is 12.5. The van der Waals surface area contributed by atoms with E-state index in [2.05, 4.69) is 0 Å². The second-order valence-electron chi connectivity index (χ2n) is 2.56. The first-order valence-electron chi connectivity index (χ1n) is 3.61. The van der Waals surface area contributed by atoms with E-state index in [0.717, 1.165) is 5.69 Å². The van der Waals surface area contributed by atoms with Crippen molar-refractivity contribution in [2.45, 2.75) is 6.92 Å². The summed E-state index contributed by atoms with van der Waals surface area (Å²) in [6.07, 6.45) is 0. The highest BCUT2D eigenvalue weighted by Gasteiger charge is 2.04. The topological polar surface area (TPSA) is 20.3 Å². The molecule has 0 spiro atoms. The molecular formula is C9H10ClNO. The van der Waals surface area contributed by atoms with E-state index < -0.39 is 0 Å². The Kier molecular flexibility index (Phi) is 2.71. The zero-order valence-corrected chi connectivity index (χ0v) is 7.80. The fraction of sp³-hybridized carbons (Fsp3) is 0.222. The van der Waals surface area contributed by atoms with Crippen LogP contribution in [0.4, 0.5) is 5.69 Å². The molecule has 0 atom stereocenters. The van der Waals surface area contributed by atoms with Crippen LogP contribution in [0.5, 0.6) is 0 Å². The first-order valence-corrected chi connectivity index (χ1v) is 3.99. The van der Waals surface area contributed by atoms with Gasteiger partial charge in [-0.1, -0.05) is 17.7 Å². The van der Waals surface area contributed by atoms with E-state index in [1.165, 1.54) is 6.92 Å². The van der Waals surface area contributed by atoms with Gasteiger partial charge < -0.3 is 4.90 Å². The van der Waals surface area contributed by atoms with Crippen molar-refractivity contribution in [1.29, 1.82) is 0 Å². The summed E-state index contributed by atoms with van der Waals surface area (Å²) in [6.45, 7) is 1.51. The number of benzene rings is 1. The Morgan fingerprint density at radius 2 is 2.17 bits per heavy atom. The standard InChI is InChI=1S/C9H10ClNO/c1-7(12)11(2)9-5-3-4-8(10)6-9/h3-6H,1-2H3. The molecule has 0 aliphatic carbocycles. The SMILES string of the molecule is CC(=O)N(C)c1cccc(Cl)c1. The Balaban J connectivity index is 2.95. The molecule has 1 aromatic rings. The third-order valence-corrected chi connectivity index (χ3v) is 1.90. The van der Waals surface area contributed by atoms with Crippen molar-refractivity contribution in [3.8, 4) is 0 Å². The molecule has 0 bridgehead atoms. The van der Waals surface area contributed by atoms with Crippen LogP contribution in [0.3, 0.4) is 0 Å². The van der Waals surface area contributed by atoms with Crippen molar-refractivity contribution in [2.75, 3.05) is 11.9 Å². The van der Waals surface area contributed by atoms with Gasteiger partial charge >= 0.3 is 0 Å². The molecule has 64 valence electrons. The zero-order chi connectivity index (χ0) is 9.14. The molecule has 0 saturated carbocycles. The molecule has 0 radical (unpaired) electrons. The fourth-order valence-electron chi connectivity index (χ4n) is 0.867. The van der Waals surface area contributed by atoms with Crippen LogP contribution in [0.2, 0.25) is 5.02 Å². The molecule has 12 heavy (non-hydrogen) atoms. The molecule has 1 amide bonds. The lowest BCUT2D eigenvalue weighted by atomic mass is 10.3. The predicted octanol–water partition coefficient (Wildman–Crippen LogP) is 2.32. The number of hydrogen-bond acceptors (Lipinski definition) is 1. The molecule has 0 aromatic heterocycles. The number of hydrogen-bond donors (Lipinski definition) is 0. The van der Waals surface area contributed by atoms with Crippen LogP contribution in [-0.2, 0) is 4.79 Å².